The van der Waals surface area contributed by atoms with Gasteiger partial charge in [0.2, 0.25) is 0 Å². The van der Waals surface area contributed by atoms with E-state index in [0.29, 0.717) is 48.4 Å². The molecule has 1 unspecified atom stereocenters. The van der Waals surface area contributed by atoms with Crippen molar-refractivity contribution in [3.05, 3.63) is 51.9 Å². The number of benzene rings is 1. The highest BCUT2D eigenvalue weighted by molar-refractivity contribution is 6.04. The van der Waals surface area contributed by atoms with E-state index in [9.17, 15) is 14.7 Å². The molecule has 0 saturated carbocycles. The maximum absolute atomic E-state index is 13.3. The molecule has 7 heteroatoms. The first kappa shape index (κ1) is 23.0. The van der Waals surface area contributed by atoms with Gasteiger partial charge in [0.05, 0.1) is 31.1 Å². The Kier molecular flexibility index (Phi) is 6.86. The summed E-state index contributed by atoms with van der Waals surface area (Å²) in [4.78, 5) is 26.4. The fourth-order valence-corrected chi connectivity index (χ4v) is 4.36. The molecule has 2 aliphatic rings. The van der Waals surface area contributed by atoms with Crippen LogP contribution in [0, 0.1) is 12.3 Å². The van der Waals surface area contributed by atoms with Crippen molar-refractivity contribution in [1.82, 2.24) is 5.32 Å². The number of ketones is 1. The van der Waals surface area contributed by atoms with Crippen LogP contribution in [-0.4, -0.2) is 43.2 Å². The van der Waals surface area contributed by atoms with Crippen molar-refractivity contribution in [2.75, 3.05) is 26.4 Å². The zero-order chi connectivity index (χ0) is 22.8. The molecule has 7 nitrogen and oxygen atoms in total. The monoisotopic (exact) mass is 428 g/mol. The van der Waals surface area contributed by atoms with Gasteiger partial charge in [-0.1, -0.05) is 26.0 Å². The lowest BCUT2D eigenvalue weighted by atomic mass is 9.68. The predicted molar refractivity (Wildman–Crippen MR) is 117 cm³/mol. The number of phenols is 1. The van der Waals surface area contributed by atoms with Crippen LogP contribution in [0.25, 0.3) is 0 Å². The van der Waals surface area contributed by atoms with E-state index in [2.05, 4.69) is 19.2 Å². The minimum Gasteiger partial charge on any atom is -0.508 e. The number of carbonyl (C=O) groups excluding carboxylic acids is 2. The van der Waals surface area contributed by atoms with Crippen LogP contribution in [0.15, 0.2) is 40.7 Å². The Bertz CT molecular complexity index is 945. The normalized spacial score (nSPS) is 20.4. The lowest BCUT2D eigenvalue weighted by Crippen LogP contribution is -2.40. The van der Waals surface area contributed by atoms with E-state index in [1.165, 1.54) is 0 Å². The van der Waals surface area contributed by atoms with Crippen molar-refractivity contribution < 1.29 is 24.2 Å². The molecule has 0 radical (unpaired) electrons. The van der Waals surface area contributed by atoms with Crippen LogP contribution >= 0.6 is 0 Å². The molecule has 0 aromatic heterocycles. The van der Waals surface area contributed by atoms with Gasteiger partial charge in [-0.05, 0) is 42.9 Å². The predicted octanol–water partition coefficient (Wildman–Crippen LogP) is 2.82. The maximum atomic E-state index is 13.3. The lowest BCUT2D eigenvalue weighted by Gasteiger charge is -2.40. The number of carbonyl (C=O) groups is 2. The molecule has 1 aliphatic carbocycles. The van der Waals surface area contributed by atoms with Gasteiger partial charge in [0.1, 0.15) is 5.75 Å². The van der Waals surface area contributed by atoms with Gasteiger partial charge in [-0.25, -0.2) is 4.79 Å². The van der Waals surface area contributed by atoms with Crippen molar-refractivity contribution in [1.29, 1.82) is 0 Å². The van der Waals surface area contributed by atoms with Gasteiger partial charge in [0.15, 0.2) is 5.78 Å². The molecule has 168 valence electrons. The zero-order valence-corrected chi connectivity index (χ0v) is 18.7. The second-order valence-electron chi connectivity index (χ2n) is 8.89. The molecule has 1 aliphatic heterocycles. The number of Topliss-reactive ketones (excluding diaryl/α,β-unsaturated/α-hetero) is 1. The third kappa shape index (κ3) is 4.83. The Balaban J connectivity index is 2.20. The van der Waals surface area contributed by atoms with Gasteiger partial charge in [-0.3, -0.25) is 4.79 Å². The molecule has 3 rings (SSSR count). The van der Waals surface area contributed by atoms with E-state index in [-0.39, 0.29) is 30.2 Å². The SMILES string of the molecule is CCOC(=O)C1=C(COCCN)NC2=C(C(=O)CC(C)(C)C2)C1c1ccc(O)c(C)c1. The summed E-state index contributed by atoms with van der Waals surface area (Å²) in [6, 6.07) is 5.17. The first-order valence-corrected chi connectivity index (χ1v) is 10.7. The fourth-order valence-electron chi connectivity index (χ4n) is 4.36. The highest BCUT2D eigenvalue weighted by Crippen LogP contribution is 2.47. The molecule has 0 amide bonds. The molecule has 1 aromatic rings. The Morgan fingerprint density at radius 3 is 2.71 bits per heavy atom. The second-order valence-corrected chi connectivity index (χ2v) is 8.89. The molecule has 0 saturated heterocycles. The molecular weight excluding hydrogens is 396 g/mol. The first-order valence-electron chi connectivity index (χ1n) is 10.7. The summed E-state index contributed by atoms with van der Waals surface area (Å²) in [6.45, 7) is 8.75. The summed E-state index contributed by atoms with van der Waals surface area (Å²) in [5.74, 6) is -0.898. The van der Waals surface area contributed by atoms with Gasteiger partial charge in [-0.2, -0.15) is 0 Å². The van der Waals surface area contributed by atoms with Crippen LogP contribution in [0.1, 0.15) is 50.7 Å². The molecule has 0 bridgehead atoms. The maximum Gasteiger partial charge on any atom is 0.336 e. The summed E-state index contributed by atoms with van der Waals surface area (Å²) in [5, 5.41) is 13.4. The number of phenolic OH excluding ortho intramolecular Hbond substituents is 1. The summed E-state index contributed by atoms with van der Waals surface area (Å²) in [5.41, 5.74) is 9.18. The van der Waals surface area contributed by atoms with Crippen LogP contribution < -0.4 is 11.1 Å². The molecule has 0 spiro atoms. The summed E-state index contributed by atoms with van der Waals surface area (Å²) >= 11 is 0. The Morgan fingerprint density at radius 2 is 2.06 bits per heavy atom. The largest absolute Gasteiger partial charge is 0.508 e. The number of ether oxygens (including phenoxy) is 2. The van der Waals surface area contributed by atoms with Crippen molar-refractivity contribution >= 4 is 11.8 Å². The number of esters is 1. The van der Waals surface area contributed by atoms with Crippen LogP contribution in [0.3, 0.4) is 0 Å². The number of aromatic hydroxyl groups is 1. The van der Waals surface area contributed by atoms with Crippen LogP contribution in [0.4, 0.5) is 0 Å². The smallest absolute Gasteiger partial charge is 0.336 e. The van der Waals surface area contributed by atoms with Crippen LogP contribution in [0.5, 0.6) is 5.75 Å². The number of hydrogen-bond acceptors (Lipinski definition) is 7. The summed E-state index contributed by atoms with van der Waals surface area (Å²) in [6.07, 6.45) is 1.08. The average molecular weight is 429 g/mol. The van der Waals surface area contributed by atoms with Crippen molar-refractivity contribution in [3.8, 4) is 5.75 Å². The first-order chi connectivity index (χ1) is 14.7. The zero-order valence-electron chi connectivity index (χ0n) is 18.7. The highest BCUT2D eigenvalue weighted by atomic mass is 16.5. The minimum atomic E-state index is -0.588. The van der Waals surface area contributed by atoms with Gasteiger partial charge in [0, 0.05) is 30.2 Å². The van der Waals surface area contributed by atoms with E-state index >= 15 is 0 Å². The van der Waals surface area contributed by atoms with Gasteiger partial charge >= 0.3 is 5.97 Å². The van der Waals surface area contributed by atoms with Gasteiger partial charge in [-0.15, -0.1) is 0 Å². The van der Waals surface area contributed by atoms with E-state index in [4.69, 9.17) is 15.2 Å². The number of rotatable bonds is 7. The Labute approximate surface area is 183 Å². The molecule has 0 fully saturated rings. The molecule has 31 heavy (non-hydrogen) atoms. The Hall–Kier alpha value is -2.64. The quantitative estimate of drug-likeness (QED) is 0.452. The van der Waals surface area contributed by atoms with E-state index in [1.807, 2.05) is 6.07 Å². The molecule has 4 N–H and O–H groups in total. The average Bonchev–Trinajstić information content (AvgIpc) is 2.68. The van der Waals surface area contributed by atoms with E-state index in [0.717, 1.165) is 11.3 Å². The summed E-state index contributed by atoms with van der Waals surface area (Å²) in [7, 11) is 0. The fraction of sp³-hybridized carbons (Fsp3) is 0.500. The molecule has 1 heterocycles. The third-order valence-corrected chi connectivity index (χ3v) is 5.68. The number of nitrogens with two attached hydrogens (primary N) is 1. The summed E-state index contributed by atoms with van der Waals surface area (Å²) < 4.78 is 11.0. The number of nitrogens with one attached hydrogen (secondary N) is 1. The second kappa shape index (κ2) is 9.24. The van der Waals surface area contributed by atoms with Crippen molar-refractivity contribution in [2.45, 2.75) is 46.5 Å². The minimum absolute atomic E-state index is 0.0122. The standard InChI is InChI=1S/C24H32N2O5/c1-5-31-23(29)22-17(13-30-9-8-25)26-16-11-24(3,4)12-19(28)21(16)20(22)15-6-7-18(27)14(2)10-15/h6-7,10,20,26-27H,5,8-9,11-13,25H2,1-4H3. The van der Waals surface area contributed by atoms with Gasteiger partial charge < -0.3 is 25.6 Å². The third-order valence-electron chi connectivity index (χ3n) is 5.68. The van der Waals surface area contributed by atoms with Crippen molar-refractivity contribution in [2.24, 2.45) is 11.1 Å². The van der Waals surface area contributed by atoms with E-state index < -0.39 is 11.9 Å². The Morgan fingerprint density at radius 1 is 1.32 bits per heavy atom. The number of allylic oxidation sites excluding steroid dienone is 2. The van der Waals surface area contributed by atoms with Crippen LogP contribution in [-0.2, 0) is 19.1 Å². The molecule has 1 atom stereocenters. The topological polar surface area (TPSA) is 111 Å². The number of aryl methyl sites for hydroxylation is 1. The molecular formula is C24H32N2O5. The number of hydrogen-bond donors (Lipinski definition) is 3. The lowest BCUT2D eigenvalue weighted by molar-refractivity contribution is -0.139. The number of dihydropyridines is 1. The van der Waals surface area contributed by atoms with E-state index in [1.54, 1.807) is 26.0 Å². The highest BCUT2D eigenvalue weighted by Gasteiger charge is 2.43. The molecule has 1 aromatic carbocycles. The van der Waals surface area contributed by atoms with Gasteiger partial charge in [0.25, 0.3) is 0 Å². The van der Waals surface area contributed by atoms with Crippen LogP contribution in [0.2, 0.25) is 0 Å². The van der Waals surface area contributed by atoms with Crippen molar-refractivity contribution in [3.63, 3.8) is 0 Å².